The van der Waals surface area contributed by atoms with E-state index >= 15 is 0 Å². The van der Waals surface area contributed by atoms with Gasteiger partial charge >= 0.3 is 0 Å². The molecule has 0 aromatic heterocycles. The number of nitrogens with one attached hydrogen (secondary N) is 1. The Bertz CT molecular complexity index is 1050. The number of amides is 1. The van der Waals surface area contributed by atoms with Gasteiger partial charge in [0.25, 0.3) is 0 Å². The van der Waals surface area contributed by atoms with Crippen LogP contribution in [-0.4, -0.2) is 38.8 Å². The molecule has 32 heavy (non-hydrogen) atoms. The van der Waals surface area contributed by atoms with Gasteiger partial charge in [-0.2, -0.15) is 4.31 Å². The zero-order valence-corrected chi connectivity index (χ0v) is 20.4. The molecule has 1 aliphatic heterocycles. The molecule has 2 aromatic rings. The monoisotopic (exact) mass is 458 g/mol. The van der Waals surface area contributed by atoms with E-state index in [4.69, 9.17) is 4.74 Å². The summed E-state index contributed by atoms with van der Waals surface area (Å²) >= 11 is 0. The third kappa shape index (κ3) is 5.15. The van der Waals surface area contributed by atoms with Crippen LogP contribution in [0.25, 0.3) is 0 Å². The highest BCUT2D eigenvalue weighted by Gasteiger charge is 2.33. The number of piperidine rings is 1. The summed E-state index contributed by atoms with van der Waals surface area (Å²) in [7, 11) is -1.93. The SMILES string of the molecule is COc1cc(C)c([C@@H](C)NC(=O)[C@H]2CCCN(S(=O)(=O)c3ccccc3)C2)cc1C(C)C. The molecule has 7 heteroatoms. The molecule has 2 atom stereocenters. The summed E-state index contributed by atoms with van der Waals surface area (Å²) in [5.41, 5.74) is 3.20. The molecular formula is C25H34N2O4S. The predicted molar refractivity (Wildman–Crippen MR) is 126 cm³/mol. The summed E-state index contributed by atoms with van der Waals surface area (Å²) < 4.78 is 32.9. The average Bonchev–Trinajstić information content (AvgIpc) is 2.79. The fourth-order valence-electron chi connectivity index (χ4n) is 4.34. The van der Waals surface area contributed by atoms with Crippen molar-refractivity contribution in [3.05, 3.63) is 59.2 Å². The fourth-order valence-corrected chi connectivity index (χ4v) is 5.88. The van der Waals surface area contributed by atoms with E-state index in [1.807, 2.05) is 19.9 Å². The van der Waals surface area contributed by atoms with Gasteiger partial charge in [-0.3, -0.25) is 4.79 Å². The van der Waals surface area contributed by atoms with Gasteiger partial charge in [0.1, 0.15) is 5.75 Å². The van der Waals surface area contributed by atoms with Crippen LogP contribution in [0.15, 0.2) is 47.4 Å². The number of benzene rings is 2. The van der Waals surface area contributed by atoms with Gasteiger partial charge in [0, 0.05) is 13.1 Å². The summed E-state index contributed by atoms with van der Waals surface area (Å²) in [6.07, 6.45) is 1.34. The lowest BCUT2D eigenvalue weighted by molar-refractivity contribution is -0.126. The number of ether oxygens (including phenoxy) is 1. The molecular weight excluding hydrogens is 424 g/mol. The van der Waals surface area contributed by atoms with Crippen LogP contribution in [0, 0.1) is 12.8 Å². The second-order valence-electron chi connectivity index (χ2n) is 8.85. The number of hydrogen-bond acceptors (Lipinski definition) is 4. The molecule has 3 rings (SSSR count). The van der Waals surface area contributed by atoms with Crippen LogP contribution in [-0.2, 0) is 14.8 Å². The van der Waals surface area contributed by atoms with Crippen molar-refractivity contribution in [2.45, 2.75) is 57.4 Å². The summed E-state index contributed by atoms with van der Waals surface area (Å²) in [6.45, 7) is 8.85. The number of methoxy groups -OCH3 is 1. The third-order valence-electron chi connectivity index (χ3n) is 6.20. The Morgan fingerprint density at radius 1 is 1.12 bits per heavy atom. The predicted octanol–water partition coefficient (Wildman–Crippen LogP) is 4.41. The van der Waals surface area contributed by atoms with Gasteiger partial charge in [0.05, 0.1) is 24.0 Å². The molecule has 1 N–H and O–H groups in total. The van der Waals surface area contributed by atoms with E-state index in [0.29, 0.717) is 25.3 Å². The number of hydrogen-bond donors (Lipinski definition) is 1. The largest absolute Gasteiger partial charge is 0.496 e. The third-order valence-corrected chi connectivity index (χ3v) is 8.08. The summed E-state index contributed by atoms with van der Waals surface area (Å²) in [5, 5.41) is 3.12. The van der Waals surface area contributed by atoms with Crippen molar-refractivity contribution in [1.29, 1.82) is 0 Å². The minimum Gasteiger partial charge on any atom is -0.496 e. The van der Waals surface area contributed by atoms with Crippen molar-refractivity contribution in [3.63, 3.8) is 0 Å². The second kappa shape index (κ2) is 10.0. The maximum Gasteiger partial charge on any atom is 0.243 e. The molecule has 0 radical (unpaired) electrons. The van der Waals surface area contributed by atoms with E-state index in [9.17, 15) is 13.2 Å². The Labute approximate surface area is 192 Å². The van der Waals surface area contributed by atoms with Crippen LogP contribution in [0.1, 0.15) is 62.3 Å². The average molecular weight is 459 g/mol. The van der Waals surface area contributed by atoms with E-state index in [0.717, 1.165) is 22.4 Å². The smallest absolute Gasteiger partial charge is 0.243 e. The Kier molecular flexibility index (Phi) is 7.62. The van der Waals surface area contributed by atoms with E-state index in [1.165, 1.54) is 4.31 Å². The van der Waals surface area contributed by atoms with Crippen LogP contribution < -0.4 is 10.1 Å². The molecule has 1 amide bonds. The quantitative estimate of drug-likeness (QED) is 0.667. The minimum absolute atomic E-state index is 0.105. The van der Waals surface area contributed by atoms with Crippen LogP contribution in [0.4, 0.5) is 0 Å². The lowest BCUT2D eigenvalue weighted by atomic mass is 9.92. The highest BCUT2D eigenvalue weighted by Crippen LogP contribution is 2.32. The number of rotatable bonds is 7. The van der Waals surface area contributed by atoms with Crippen LogP contribution >= 0.6 is 0 Å². The summed E-state index contributed by atoms with van der Waals surface area (Å²) in [5.74, 6) is 0.677. The molecule has 0 spiro atoms. The zero-order valence-electron chi connectivity index (χ0n) is 19.6. The maximum atomic E-state index is 13.1. The molecule has 1 fully saturated rings. The van der Waals surface area contributed by atoms with Gasteiger partial charge in [0.2, 0.25) is 15.9 Å². The van der Waals surface area contributed by atoms with Gasteiger partial charge in [-0.05, 0) is 73.6 Å². The van der Waals surface area contributed by atoms with E-state index in [1.54, 1.807) is 37.4 Å². The summed E-state index contributed by atoms with van der Waals surface area (Å²) in [4.78, 5) is 13.4. The number of nitrogens with zero attached hydrogens (tertiary/aromatic N) is 1. The van der Waals surface area contributed by atoms with E-state index in [-0.39, 0.29) is 29.3 Å². The number of carbonyl (C=O) groups excluding carboxylic acids is 1. The highest BCUT2D eigenvalue weighted by atomic mass is 32.2. The van der Waals surface area contributed by atoms with Gasteiger partial charge in [-0.15, -0.1) is 0 Å². The van der Waals surface area contributed by atoms with Crippen LogP contribution in [0.3, 0.4) is 0 Å². The molecule has 0 bridgehead atoms. The Hall–Kier alpha value is -2.38. The molecule has 0 saturated carbocycles. The topological polar surface area (TPSA) is 75.7 Å². The van der Waals surface area contributed by atoms with Crippen molar-refractivity contribution < 1.29 is 17.9 Å². The fraction of sp³-hybridized carbons (Fsp3) is 0.480. The Morgan fingerprint density at radius 2 is 1.81 bits per heavy atom. The van der Waals surface area contributed by atoms with Gasteiger partial charge in [-0.1, -0.05) is 32.0 Å². The van der Waals surface area contributed by atoms with E-state index < -0.39 is 10.0 Å². The first-order valence-corrected chi connectivity index (χ1v) is 12.6. The minimum atomic E-state index is -3.60. The Morgan fingerprint density at radius 3 is 2.44 bits per heavy atom. The molecule has 1 saturated heterocycles. The lowest BCUT2D eigenvalue weighted by Gasteiger charge is -2.32. The first kappa shape index (κ1) is 24.3. The van der Waals surface area contributed by atoms with Gasteiger partial charge in [-0.25, -0.2) is 8.42 Å². The van der Waals surface area contributed by atoms with Crippen molar-refractivity contribution >= 4 is 15.9 Å². The number of carbonyl (C=O) groups is 1. The molecule has 0 unspecified atom stereocenters. The first-order chi connectivity index (χ1) is 15.1. The van der Waals surface area contributed by atoms with E-state index in [2.05, 4.69) is 25.2 Å². The lowest BCUT2D eigenvalue weighted by Crippen LogP contribution is -2.45. The van der Waals surface area contributed by atoms with Crippen LogP contribution in [0.2, 0.25) is 0 Å². The van der Waals surface area contributed by atoms with Crippen molar-refractivity contribution in [2.75, 3.05) is 20.2 Å². The number of aryl methyl sites for hydroxylation is 1. The molecule has 2 aromatic carbocycles. The molecule has 6 nitrogen and oxygen atoms in total. The maximum absolute atomic E-state index is 13.1. The normalized spacial score (nSPS) is 18.4. The molecule has 174 valence electrons. The van der Waals surface area contributed by atoms with Crippen molar-refractivity contribution in [1.82, 2.24) is 9.62 Å². The zero-order chi connectivity index (χ0) is 23.5. The standard InChI is InChI=1S/C25H34N2O4S/c1-17(2)22-15-23(18(3)14-24(22)31-5)19(4)26-25(28)20-10-9-13-27(16-20)32(29,30)21-11-7-6-8-12-21/h6-8,11-12,14-15,17,19-20H,9-10,13,16H2,1-5H3,(H,26,28)/t19-,20+/m1/s1. The van der Waals surface area contributed by atoms with Crippen LogP contribution in [0.5, 0.6) is 5.75 Å². The Balaban J connectivity index is 1.74. The molecule has 1 heterocycles. The van der Waals surface area contributed by atoms with Gasteiger partial charge in [0.15, 0.2) is 0 Å². The molecule has 0 aliphatic carbocycles. The highest BCUT2D eigenvalue weighted by molar-refractivity contribution is 7.89. The van der Waals surface area contributed by atoms with Crippen molar-refractivity contribution in [2.24, 2.45) is 5.92 Å². The first-order valence-electron chi connectivity index (χ1n) is 11.2. The van der Waals surface area contributed by atoms with Gasteiger partial charge < -0.3 is 10.1 Å². The molecule has 1 aliphatic rings. The van der Waals surface area contributed by atoms with Crippen molar-refractivity contribution in [3.8, 4) is 5.75 Å². The summed E-state index contributed by atoms with van der Waals surface area (Å²) in [6, 6.07) is 12.3. The second-order valence-corrected chi connectivity index (χ2v) is 10.8. The number of sulfonamides is 1.